The maximum absolute atomic E-state index is 12.0. The Morgan fingerprint density at radius 1 is 1.33 bits per heavy atom. The third kappa shape index (κ3) is 5.11. The van der Waals surface area contributed by atoms with E-state index in [0.717, 1.165) is 37.3 Å². The molecule has 0 spiro atoms. The van der Waals surface area contributed by atoms with E-state index >= 15 is 0 Å². The van der Waals surface area contributed by atoms with Crippen LogP contribution in [0.25, 0.3) is 0 Å². The lowest BCUT2D eigenvalue weighted by Crippen LogP contribution is -2.48. The number of hydrogen-bond acceptors (Lipinski definition) is 4. The second-order valence-electron chi connectivity index (χ2n) is 5.86. The molecule has 3 N–H and O–H groups in total. The van der Waals surface area contributed by atoms with E-state index in [9.17, 15) is 9.59 Å². The number of aromatic nitrogens is 1. The van der Waals surface area contributed by atoms with Gasteiger partial charge in [-0.2, -0.15) is 0 Å². The molecule has 24 heavy (non-hydrogen) atoms. The summed E-state index contributed by atoms with van der Waals surface area (Å²) < 4.78 is 0. The number of carbonyl (C=O) groups excluding carboxylic acids is 2. The summed E-state index contributed by atoms with van der Waals surface area (Å²) in [6.07, 6.45) is 4.34. The van der Waals surface area contributed by atoms with Gasteiger partial charge in [-0.3, -0.25) is 4.79 Å². The topological polar surface area (TPSA) is 86.4 Å². The van der Waals surface area contributed by atoms with E-state index in [2.05, 4.69) is 39.7 Å². The van der Waals surface area contributed by atoms with Gasteiger partial charge in [0, 0.05) is 32.4 Å². The Kier molecular flexibility index (Phi) is 6.84. The molecule has 1 atom stereocenters. The van der Waals surface area contributed by atoms with Crippen molar-refractivity contribution >= 4 is 17.8 Å². The van der Waals surface area contributed by atoms with Gasteiger partial charge >= 0.3 is 6.03 Å². The molecule has 7 heteroatoms. The fourth-order valence-corrected chi connectivity index (χ4v) is 2.72. The molecule has 1 aliphatic rings. The van der Waals surface area contributed by atoms with Crippen molar-refractivity contribution in [1.82, 2.24) is 20.9 Å². The molecule has 1 aromatic heterocycles. The van der Waals surface area contributed by atoms with E-state index in [0.29, 0.717) is 19.5 Å². The largest absolute Gasteiger partial charge is 0.357 e. The highest BCUT2D eigenvalue weighted by atomic mass is 16.2. The molecule has 0 unspecified atom stereocenters. The zero-order chi connectivity index (χ0) is 17.4. The predicted molar refractivity (Wildman–Crippen MR) is 93.8 cm³/mol. The van der Waals surface area contributed by atoms with Gasteiger partial charge in [0.05, 0.1) is 0 Å². The summed E-state index contributed by atoms with van der Waals surface area (Å²) in [5, 5.41) is 8.32. The van der Waals surface area contributed by atoms with Gasteiger partial charge in [-0.25, -0.2) is 9.78 Å². The average Bonchev–Trinajstić information content (AvgIpc) is 2.80. The van der Waals surface area contributed by atoms with Gasteiger partial charge < -0.3 is 20.9 Å². The van der Waals surface area contributed by atoms with Crippen molar-refractivity contribution in [2.24, 2.45) is 0 Å². The van der Waals surface area contributed by atoms with Crippen molar-refractivity contribution in [3.63, 3.8) is 0 Å². The minimum absolute atomic E-state index is 0.104. The number of nitrogens with one attached hydrogen (secondary N) is 3. The van der Waals surface area contributed by atoms with E-state index < -0.39 is 6.04 Å². The lowest BCUT2D eigenvalue weighted by atomic mass is 10.1. The fraction of sp³-hybridized carbons (Fsp3) is 0.588. The van der Waals surface area contributed by atoms with Crippen molar-refractivity contribution in [2.45, 2.75) is 45.7 Å². The SMILES string of the molecule is CCN(CC)c1ccc(CNC(=O)N[C@@H]2CCCCNC2=O)cn1. The number of anilines is 1. The van der Waals surface area contributed by atoms with E-state index in [1.54, 1.807) is 6.20 Å². The zero-order valence-corrected chi connectivity index (χ0v) is 14.5. The Bertz CT molecular complexity index is 542. The van der Waals surface area contributed by atoms with Crippen LogP contribution in [0.15, 0.2) is 18.3 Å². The first-order valence-electron chi connectivity index (χ1n) is 8.66. The number of carbonyl (C=O) groups is 2. The van der Waals surface area contributed by atoms with Gasteiger partial charge in [0.15, 0.2) is 0 Å². The maximum Gasteiger partial charge on any atom is 0.315 e. The molecule has 0 saturated carbocycles. The van der Waals surface area contributed by atoms with Crippen LogP contribution in [0.5, 0.6) is 0 Å². The molecule has 0 radical (unpaired) electrons. The van der Waals surface area contributed by atoms with Crippen molar-refractivity contribution in [3.05, 3.63) is 23.9 Å². The van der Waals surface area contributed by atoms with Crippen LogP contribution in [-0.2, 0) is 11.3 Å². The minimum atomic E-state index is -0.448. The van der Waals surface area contributed by atoms with Crippen LogP contribution in [0.2, 0.25) is 0 Å². The van der Waals surface area contributed by atoms with Crippen LogP contribution in [0.4, 0.5) is 10.6 Å². The first-order valence-corrected chi connectivity index (χ1v) is 8.66. The third-order valence-corrected chi connectivity index (χ3v) is 4.19. The summed E-state index contributed by atoms with van der Waals surface area (Å²) in [7, 11) is 0. The van der Waals surface area contributed by atoms with Crippen LogP contribution in [0.3, 0.4) is 0 Å². The average molecular weight is 333 g/mol. The molecule has 0 aliphatic carbocycles. The second kappa shape index (κ2) is 9.10. The number of rotatable bonds is 6. The van der Waals surface area contributed by atoms with Gasteiger partial charge in [-0.15, -0.1) is 0 Å². The summed E-state index contributed by atoms with van der Waals surface area (Å²) in [5.74, 6) is 0.830. The van der Waals surface area contributed by atoms with Gasteiger partial charge in [-0.1, -0.05) is 6.07 Å². The van der Waals surface area contributed by atoms with Crippen LogP contribution in [0.1, 0.15) is 38.7 Å². The molecule has 2 heterocycles. The fourth-order valence-electron chi connectivity index (χ4n) is 2.72. The van der Waals surface area contributed by atoms with Crippen LogP contribution in [-0.4, -0.2) is 42.6 Å². The molecule has 132 valence electrons. The molecule has 3 amide bonds. The van der Waals surface area contributed by atoms with Gasteiger partial charge in [0.25, 0.3) is 0 Å². The molecule has 1 aromatic rings. The van der Waals surface area contributed by atoms with Crippen LogP contribution < -0.4 is 20.9 Å². The Morgan fingerprint density at radius 2 is 2.12 bits per heavy atom. The lowest BCUT2D eigenvalue weighted by Gasteiger charge is -2.19. The number of amides is 3. The Balaban J connectivity index is 1.81. The van der Waals surface area contributed by atoms with Crippen LogP contribution >= 0.6 is 0 Å². The van der Waals surface area contributed by atoms with Crippen molar-refractivity contribution in [1.29, 1.82) is 0 Å². The standard InChI is InChI=1S/C17H27N5O2/c1-3-22(4-2)15-9-8-13(11-19-15)12-20-17(24)21-14-7-5-6-10-18-16(14)23/h8-9,11,14H,3-7,10,12H2,1-2H3,(H,18,23)(H2,20,21,24)/t14-/m1/s1. The normalized spacial score (nSPS) is 17.6. The summed E-state index contributed by atoms with van der Waals surface area (Å²) in [5.41, 5.74) is 0.923. The number of nitrogens with zero attached hydrogens (tertiary/aromatic N) is 2. The zero-order valence-electron chi connectivity index (χ0n) is 14.5. The second-order valence-corrected chi connectivity index (χ2v) is 5.86. The Hall–Kier alpha value is -2.31. The number of hydrogen-bond donors (Lipinski definition) is 3. The molecule has 1 fully saturated rings. The van der Waals surface area contributed by atoms with E-state index in [-0.39, 0.29) is 11.9 Å². The molecule has 0 aromatic carbocycles. The predicted octanol–water partition coefficient (Wildman–Crippen LogP) is 1.40. The van der Waals surface area contributed by atoms with Crippen molar-refractivity contribution in [2.75, 3.05) is 24.5 Å². The first kappa shape index (κ1) is 18.0. The van der Waals surface area contributed by atoms with E-state index in [1.165, 1.54) is 0 Å². The Labute approximate surface area is 143 Å². The monoisotopic (exact) mass is 333 g/mol. The summed E-state index contributed by atoms with van der Waals surface area (Å²) in [6, 6.07) is 3.14. The molecular weight excluding hydrogens is 306 g/mol. The third-order valence-electron chi connectivity index (χ3n) is 4.19. The van der Waals surface area contributed by atoms with Gasteiger partial charge in [0.2, 0.25) is 5.91 Å². The Morgan fingerprint density at radius 3 is 2.79 bits per heavy atom. The maximum atomic E-state index is 12.0. The number of pyridine rings is 1. The number of urea groups is 1. The minimum Gasteiger partial charge on any atom is -0.357 e. The van der Waals surface area contributed by atoms with Crippen molar-refractivity contribution < 1.29 is 9.59 Å². The highest BCUT2D eigenvalue weighted by molar-refractivity contribution is 5.87. The smallest absolute Gasteiger partial charge is 0.315 e. The van der Waals surface area contributed by atoms with Crippen LogP contribution in [0, 0.1) is 0 Å². The molecule has 0 bridgehead atoms. The molecule has 1 aliphatic heterocycles. The quantitative estimate of drug-likeness (QED) is 0.734. The highest BCUT2D eigenvalue weighted by Gasteiger charge is 2.22. The van der Waals surface area contributed by atoms with E-state index in [4.69, 9.17) is 0 Å². The van der Waals surface area contributed by atoms with Gasteiger partial charge in [0.1, 0.15) is 11.9 Å². The van der Waals surface area contributed by atoms with Gasteiger partial charge in [-0.05, 0) is 44.7 Å². The molecular formula is C17H27N5O2. The summed E-state index contributed by atoms with van der Waals surface area (Å²) >= 11 is 0. The van der Waals surface area contributed by atoms with E-state index in [1.807, 2.05) is 12.1 Å². The first-order chi connectivity index (χ1) is 11.6. The molecule has 2 rings (SSSR count). The highest BCUT2D eigenvalue weighted by Crippen LogP contribution is 2.10. The van der Waals surface area contributed by atoms with Crippen molar-refractivity contribution in [3.8, 4) is 0 Å². The summed E-state index contributed by atoms with van der Waals surface area (Å²) in [6.45, 7) is 7.07. The lowest BCUT2D eigenvalue weighted by molar-refractivity contribution is -0.122. The summed E-state index contributed by atoms with van der Waals surface area (Å²) in [4.78, 5) is 30.4. The molecule has 7 nitrogen and oxygen atoms in total. The molecule has 1 saturated heterocycles.